The van der Waals surface area contributed by atoms with Crippen LogP contribution in [0.1, 0.15) is 24.3 Å². The van der Waals surface area contributed by atoms with Crippen LogP contribution in [-0.2, 0) is 11.3 Å². The molecule has 30 heavy (non-hydrogen) atoms. The van der Waals surface area contributed by atoms with Crippen LogP contribution >= 0.6 is 23.2 Å². The molecular weight excluding hydrogens is 423 g/mol. The van der Waals surface area contributed by atoms with Crippen molar-refractivity contribution >= 4 is 34.8 Å². The quantitative estimate of drug-likeness (QED) is 0.585. The van der Waals surface area contributed by atoms with Crippen LogP contribution in [0.2, 0.25) is 10.0 Å². The number of aryl methyl sites for hydroxylation is 1. The summed E-state index contributed by atoms with van der Waals surface area (Å²) in [6.07, 6.45) is 1.59. The monoisotopic (exact) mass is 444 g/mol. The first-order valence-corrected chi connectivity index (χ1v) is 10.6. The summed E-state index contributed by atoms with van der Waals surface area (Å²) >= 11 is 12.2. The summed E-state index contributed by atoms with van der Waals surface area (Å²) in [6.45, 7) is 4.13. The Kier molecular flexibility index (Phi) is 6.37. The minimum Gasteiger partial charge on any atom is -0.338 e. The Bertz CT molecular complexity index is 1050. The van der Waals surface area contributed by atoms with Gasteiger partial charge in [0.15, 0.2) is 0 Å². The number of anilines is 1. The standard InChI is InChI=1S/C22H22Cl2N4O2/c1-14-4-2-3-5-19(14)25-22(29)15-8-10-28(11-9-15)13-20-26-21(27-30-20)17-7-6-16(23)12-18(17)24/h2-7,12,15H,8-11,13H2,1H3,(H,25,29). The zero-order valence-electron chi connectivity index (χ0n) is 16.6. The number of nitrogens with one attached hydrogen (secondary N) is 1. The number of likely N-dealkylation sites (tertiary alicyclic amines) is 1. The molecule has 0 unspecified atom stereocenters. The third kappa shape index (κ3) is 4.83. The third-order valence-electron chi connectivity index (χ3n) is 5.36. The highest BCUT2D eigenvalue weighted by atomic mass is 35.5. The van der Waals surface area contributed by atoms with E-state index >= 15 is 0 Å². The predicted octanol–water partition coefficient (Wildman–Crippen LogP) is 5.20. The van der Waals surface area contributed by atoms with Crippen molar-refractivity contribution in [2.75, 3.05) is 18.4 Å². The molecule has 0 atom stereocenters. The lowest BCUT2D eigenvalue weighted by Gasteiger charge is -2.30. The van der Waals surface area contributed by atoms with Gasteiger partial charge in [-0.1, -0.05) is 46.6 Å². The average molecular weight is 445 g/mol. The highest BCUT2D eigenvalue weighted by Gasteiger charge is 2.26. The summed E-state index contributed by atoms with van der Waals surface area (Å²) < 4.78 is 5.40. The Labute approximate surface area is 185 Å². The number of para-hydroxylation sites is 1. The van der Waals surface area contributed by atoms with E-state index in [0.717, 1.165) is 37.2 Å². The SMILES string of the molecule is Cc1ccccc1NC(=O)C1CCN(Cc2nc(-c3ccc(Cl)cc3Cl)no2)CC1. The van der Waals surface area contributed by atoms with Crippen molar-refractivity contribution in [3.63, 3.8) is 0 Å². The number of benzene rings is 2. The largest absolute Gasteiger partial charge is 0.338 e. The summed E-state index contributed by atoms with van der Waals surface area (Å²) in [6, 6.07) is 13.0. The normalized spacial score (nSPS) is 15.3. The van der Waals surface area contributed by atoms with E-state index in [0.29, 0.717) is 33.9 Å². The predicted molar refractivity (Wildman–Crippen MR) is 118 cm³/mol. The Morgan fingerprint density at radius 2 is 1.97 bits per heavy atom. The van der Waals surface area contributed by atoms with E-state index in [-0.39, 0.29) is 11.8 Å². The lowest BCUT2D eigenvalue weighted by Crippen LogP contribution is -2.37. The summed E-state index contributed by atoms with van der Waals surface area (Å²) in [4.78, 5) is 19.3. The van der Waals surface area contributed by atoms with Crippen molar-refractivity contribution in [3.8, 4) is 11.4 Å². The summed E-state index contributed by atoms with van der Waals surface area (Å²) in [5.74, 6) is 1.06. The van der Waals surface area contributed by atoms with Gasteiger partial charge < -0.3 is 9.84 Å². The average Bonchev–Trinajstić information content (AvgIpc) is 3.18. The van der Waals surface area contributed by atoms with Gasteiger partial charge in [0.05, 0.1) is 11.6 Å². The molecule has 0 bridgehead atoms. The molecule has 3 aromatic rings. The second kappa shape index (κ2) is 9.16. The Morgan fingerprint density at radius 1 is 1.20 bits per heavy atom. The molecule has 1 amide bonds. The van der Waals surface area contributed by atoms with Crippen LogP contribution in [-0.4, -0.2) is 34.0 Å². The molecule has 156 valence electrons. The van der Waals surface area contributed by atoms with Crippen LogP contribution in [0.15, 0.2) is 47.0 Å². The Morgan fingerprint density at radius 3 is 2.70 bits per heavy atom. The number of piperidine rings is 1. The third-order valence-corrected chi connectivity index (χ3v) is 5.91. The number of carbonyl (C=O) groups excluding carboxylic acids is 1. The van der Waals surface area contributed by atoms with Crippen molar-refractivity contribution < 1.29 is 9.32 Å². The number of aromatic nitrogens is 2. The summed E-state index contributed by atoms with van der Waals surface area (Å²) in [7, 11) is 0. The number of carbonyl (C=O) groups is 1. The van der Waals surface area contributed by atoms with Crippen LogP contribution in [0.5, 0.6) is 0 Å². The number of rotatable bonds is 5. The zero-order valence-corrected chi connectivity index (χ0v) is 18.1. The molecule has 0 radical (unpaired) electrons. The maximum Gasteiger partial charge on any atom is 0.241 e. The smallest absolute Gasteiger partial charge is 0.241 e. The van der Waals surface area contributed by atoms with Gasteiger partial charge in [0.2, 0.25) is 17.6 Å². The maximum atomic E-state index is 12.6. The fraction of sp³-hybridized carbons (Fsp3) is 0.318. The van der Waals surface area contributed by atoms with Gasteiger partial charge >= 0.3 is 0 Å². The molecule has 4 rings (SSSR count). The van der Waals surface area contributed by atoms with Gasteiger partial charge in [0.25, 0.3) is 0 Å². The number of hydrogen-bond donors (Lipinski definition) is 1. The molecule has 1 N–H and O–H groups in total. The number of amides is 1. The summed E-state index contributed by atoms with van der Waals surface area (Å²) in [5.41, 5.74) is 2.63. The summed E-state index contributed by atoms with van der Waals surface area (Å²) in [5, 5.41) is 8.13. The fourth-order valence-corrected chi connectivity index (χ4v) is 4.08. The number of hydrogen-bond acceptors (Lipinski definition) is 5. The Hall–Kier alpha value is -2.41. The molecule has 8 heteroatoms. The lowest BCUT2D eigenvalue weighted by molar-refractivity contribution is -0.121. The fourth-order valence-electron chi connectivity index (χ4n) is 3.59. The molecule has 2 heterocycles. The van der Waals surface area contributed by atoms with E-state index in [2.05, 4.69) is 20.4 Å². The minimum absolute atomic E-state index is 0.00646. The van der Waals surface area contributed by atoms with Gasteiger partial charge in [-0.05, 0) is 62.7 Å². The highest BCUT2D eigenvalue weighted by Crippen LogP contribution is 2.29. The second-order valence-electron chi connectivity index (χ2n) is 7.49. The van der Waals surface area contributed by atoms with Gasteiger partial charge in [-0.3, -0.25) is 9.69 Å². The van der Waals surface area contributed by atoms with Crippen molar-refractivity contribution in [2.45, 2.75) is 26.3 Å². The molecule has 6 nitrogen and oxygen atoms in total. The molecule has 1 aliphatic rings. The first-order chi connectivity index (χ1) is 14.5. The zero-order chi connectivity index (χ0) is 21.1. The first kappa shape index (κ1) is 20.8. The molecular formula is C22H22Cl2N4O2. The first-order valence-electron chi connectivity index (χ1n) is 9.86. The van der Waals surface area contributed by atoms with Crippen molar-refractivity contribution in [3.05, 3.63) is 64.0 Å². The van der Waals surface area contributed by atoms with E-state index in [1.54, 1.807) is 18.2 Å². The minimum atomic E-state index is 0.00646. The van der Waals surface area contributed by atoms with Crippen molar-refractivity contribution in [2.24, 2.45) is 5.92 Å². The topological polar surface area (TPSA) is 71.3 Å². The number of nitrogens with zero attached hydrogens (tertiary/aromatic N) is 3. The van der Waals surface area contributed by atoms with Gasteiger partial charge in [-0.25, -0.2) is 0 Å². The van der Waals surface area contributed by atoms with Crippen LogP contribution in [0.4, 0.5) is 5.69 Å². The van der Waals surface area contributed by atoms with Crippen LogP contribution in [0.3, 0.4) is 0 Å². The van der Waals surface area contributed by atoms with Crippen LogP contribution in [0.25, 0.3) is 11.4 Å². The second-order valence-corrected chi connectivity index (χ2v) is 8.33. The molecule has 2 aromatic carbocycles. The molecule has 0 saturated carbocycles. The molecule has 1 fully saturated rings. The van der Waals surface area contributed by atoms with Gasteiger partial charge in [0.1, 0.15) is 0 Å². The van der Waals surface area contributed by atoms with Gasteiger partial charge in [-0.2, -0.15) is 4.98 Å². The maximum absolute atomic E-state index is 12.6. The molecule has 0 aliphatic carbocycles. The van der Waals surface area contributed by atoms with Crippen LogP contribution < -0.4 is 5.32 Å². The molecule has 0 spiro atoms. The van der Waals surface area contributed by atoms with Gasteiger partial charge in [0, 0.05) is 22.2 Å². The molecule has 1 aromatic heterocycles. The van der Waals surface area contributed by atoms with Gasteiger partial charge in [-0.15, -0.1) is 0 Å². The van der Waals surface area contributed by atoms with Crippen LogP contribution in [0, 0.1) is 12.8 Å². The van der Waals surface area contributed by atoms with E-state index in [4.69, 9.17) is 27.7 Å². The van der Waals surface area contributed by atoms with E-state index in [9.17, 15) is 4.79 Å². The lowest BCUT2D eigenvalue weighted by atomic mass is 9.95. The van der Waals surface area contributed by atoms with E-state index in [1.807, 2.05) is 31.2 Å². The molecule has 1 saturated heterocycles. The Balaban J connectivity index is 1.31. The van der Waals surface area contributed by atoms with E-state index in [1.165, 1.54) is 0 Å². The van der Waals surface area contributed by atoms with Crippen molar-refractivity contribution in [1.82, 2.24) is 15.0 Å². The highest BCUT2D eigenvalue weighted by molar-refractivity contribution is 6.36. The van der Waals surface area contributed by atoms with Crippen molar-refractivity contribution in [1.29, 1.82) is 0 Å². The number of halogens is 2. The molecule has 1 aliphatic heterocycles. The van der Waals surface area contributed by atoms with E-state index < -0.39 is 0 Å².